The minimum atomic E-state index is -0.406. The van der Waals surface area contributed by atoms with Crippen molar-refractivity contribution in [1.29, 1.82) is 0 Å². The van der Waals surface area contributed by atoms with E-state index < -0.39 is 5.82 Å². The lowest BCUT2D eigenvalue weighted by Gasteiger charge is -2.42. The van der Waals surface area contributed by atoms with Gasteiger partial charge in [-0.05, 0) is 42.7 Å². The number of halogens is 2. The van der Waals surface area contributed by atoms with E-state index in [0.29, 0.717) is 15.3 Å². The minimum Gasteiger partial charge on any atom is -0.355 e. The minimum absolute atomic E-state index is 0.128. The number of hydrogen-bond donors (Lipinski definition) is 0. The molecule has 0 unspecified atom stereocenters. The van der Waals surface area contributed by atoms with E-state index in [2.05, 4.69) is 21.8 Å². The molecule has 2 heterocycles. The smallest absolute Gasteiger partial charge is 0.155 e. The van der Waals surface area contributed by atoms with Crippen LogP contribution in [0.15, 0.2) is 40.5 Å². The standard InChI is InChI=1S/C20H23ClFN3S/c1-14-4-3-7-20(14)8-10-25(11-9-20)17-12-24-18(13-23-17)26-16-6-2-5-15(21)19(16)22/h2,5-6,12-14H,3-4,7-11H2,1H3/t14-/m1/s1. The van der Waals surface area contributed by atoms with Crippen LogP contribution in [0.5, 0.6) is 0 Å². The van der Waals surface area contributed by atoms with Crippen LogP contribution in [-0.4, -0.2) is 23.1 Å². The third-order valence-corrected chi connectivity index (χ3v) is 7.43. The molecule has 0 radical (unpaired) electrons. The Kier molecular flexibility index (Phi) is 5.11. The molecule has 6 heteroatoms. The van der Waals surface area contributed by atoms with Gasteiger partial charge in [0.2, 0.25) is 0 Å². The summed E-state index contributed by atoms with van der Waals surface area (Å²) in [5.41, 5.74) is 0.559. The molecule has 0 N–H and O–H groups in total. The van der Waals surface area contributed by atoms with Crippen molar-refractivity contribution in [2.24, 2.45) is 11.3 Å². The number of hydrogen-bond acceptors (Lipinski definition) is 4. The maximum absolute atomic E-state index is 14.0. The number of rotatable bonds is 3. The lowest BCUT2D eigenvalue weighted by atomic mass is 9.71. The molecular weight excluding hydrogens is 369 g/mol. The van der Waals surface area contributed by atoms with Crippen LogP contribution < -0.4 is 4.90 Å². The van der Waals surface area contributed by atoms with Crippen molar-refractivity contribution in [3.8, 4) is 0 Å². The highest BCUT2D eigenvalue weighted by molar-refractivity contribution is 7.99. The van der Waals surface area contributed by atoms with Crippen molar-refractivity contribution in [2.75, 3.05) is 18.0 Å². The quantitative estimate of drug-likeness (QED) is 0.658. The summed E-state index contributed by atoms with van der Waals surface area (Å²) in [6.07, 6.45) is 10.2. The molecule has 2 aliphatic rings. The number of piperidine rings is 1. The summed E-state index contributed by atoms with van der Waals surface area (Å²) in [4.78, 5) is 11.8. The van der Waals surface area contributed by atoms with Gasteiger partial charge < -0.3 is 4.90 Å². The Labute approximate surface area is 163 Å². The Morgan fingerprint density at radius 1 is 1.19 bits per heavy atom. The van der Waals surface area contributed by atoms with Crippen LogP contribution in [0.1, 0.15) is 39.0 Å². The average molecular weight is 392 g/mol. The fourth-order valence-electron chi connectivity index (χ4n) is 4.44. The summed E-state index contributed by atoms with van der Waals surface area (Å²) in [6.45, 7) is 4.52. The highest BCUT2D eigenvalue weighted by Crippen LogP contribution is 2.50. The highest BCUT2D eigenvalue weighted by atomic mass is 35.5. The van der Waals surface area contributed by atoms with Crippen LogP contribution in [-0.2, 0) is 0 Å². The van der Waals surface area contributed by atoms with E-state index in [9.17, 15) is 4.39 Å². The van der Waals surface area contributed by atoms with Gasteiger partial charge in [0, 0.05) is 13.1 Å². The van der Waals surface area contributed by atoms with E-state index >= 15 is 0 Å². The molecule has 1 aromatic carbocycles. The normalized spacial score (nSPS) is 22.1. The van der Waals surface area contributed by atoms with Crippen LogP contribution in [0.3, 0.4) is 0 Å². The van der Waals surface area contributed by atoms with Crippen LogP contribution in [0.2, 0.25) is 5.02 Å². The van der Waals surface area contributed by atoms with Gasteiger partial charge in [-0.15, -0.1) is 0 Å². The molecule has 1 aromatic heterocycles. The Morgan fingerprint density at radius 2 is 2.00 bits per heavy atom. The predicted octanol–water partition coefficient (Wildman–Crippen LogP) is 5.83. The number of benzene rings is 1. The van der Waals surface area contributed by atoms with Crippen LogP contribution in [0.25, 0.3) is 0 Å². The van der Waals surface area contributed by atoms with Gasteiger partial charge in [-0.2, -0.15) is 0 Å². The fourth-order valence-corrected chi connectivity index (χ4v) is 5.45. The summed E-state index contributed by atoms with van der Waals surface area (Å²) < 4.78 is 14.0. The molecule has 2 aromatic rings. The second-order valence-electron chi connectivity index (χ2n) is 7.51. The second kappa shape index (κ2) is 7.35. The van der Waals surface area contributed by atoms with Gasteiger partial charge in [0.05, 0.1) is 22.3 Å². The molecule has 0 bridgehead atoms. The van der Waals surface area contributed by atoms with Crippen molar-refractivity contribution in [1.82, 2.24) is 9.97 Å². The van der Waals surface area contributed by atoms with Crippen molar-refractivity contribution in [3.63, 3.8) is 0 Å². The van der Waals surface area contributed by atoms with E-state index in [4.69, 9.17) is 11.6 Å². The molecule has 1 atom stereocenters. The van der Waals surface area contributed by atoms with Crippen LogP contribution in [0, 0.1) is 17.2 Å². The monoisotopic (exact) mass is 391 g/mol. The summed E-state index contributed by atoms with van der Waals surface area (Å²) in [5, 5.41) is 0.802. The van der Waals surface area contributed by atoms with E-state index in [0.717, 1.165) is 24.8 Å². The number of anilines is 1. The van der Waals surface area contributed by atoms with Crippen molar-refractivity contribution in [2.45, 2.75) is 48.9 Å². The highest BCUT2D eigenvalue weighted by Gasteiger charge is 2.42. The summed E-state index contributed by atoms with van der Waals surface area (Å²) in [6, 6.07) is 4.99. The first-order valence-corrected chi connectivity index (χ1v) is 10.5. The Balaban J connectivity index is 1.41. The Morgan fingerprint density at radius 3 is 2.65 bits per heavy atom. The first-order valence-electron chi connectivity index (χ1n) is 9.26. The van der Waals surface area contributed by atoms with E-state index in [1.807, 2.05) is 0 Å². The first-order chi connectivity index (χ1) is 12.6. The van der Waals surface area contributed by atoms with Gasteiger partial charge in [-0.1, -0.05) is 49.2 Å². The molecule has 2 fully saturated rings. The van der Waals surface area contributed by atoms with Crippen molar-refractivity contribution < 1.29 is 4.39 Å². The zero-order valence-electron chi connectivity index (χ0n) is 14.9. The number of nitrogens with zero attached hydrogens (tertiary/aromatic N) is 3. The van der Waals surface area contributed by atoms with Crippen molar-refractivity contribution in [3.05, 3.63) is 41.4 Å². The molecule has 1 aliphatic carbocycles. The van der Waals surface area contributed by atoms with Gasteiger partial charge in [0.25, 0.3) is 0 Å². The third-order valence-electron chi connectivity index (χ3n) is 6.19. The fraction of sp³-hybridized carbons (Fsp3) is 0.500. The average Bonchev–Trinajstić information content (AvgIpc) is 3.00. The summed E-state index contributed by atoms with van der Waals surface area (Å²) >= 11 is 7.09. The van der Waals surface area contributed by atoms with Gasteiger partial charge in [-0.25, -0.2) is 14.4 Å². The Bertz CT molecular complexity index is 775. The molecule has 1 aliphatic heterocycles. The second-order valence-corrected chi connectivity index (χ2v) is 8.98. The van der Waals surface area contributed by atoms with E-state index in [1.54, 1.807) is 30.6 Å². The number of aromatic nitrogens is 2. The molecule has 1 saturated carbocycles. The molecule has 138 valence electrons. The first kappa shape index (κ1) is 18.1. The SMILES string of the molecule is C[C@@H]1CCCC12CCN(c1cnc(Sc3cccc(Cl)c3F)cn1)CC2. The maximum Gasteiger partial charge on any atom is 0.155 e. The molecule has 26 heavy (non-hydrogen) atoms. The largest absolute Gasteiger partial charge is 0.355 e. The lowest BCUT2D eigenvalue weighted by molar-refractivity contribution is 0.161. The molecular formula is C20H23ClFN3S. The zero-order valence-corrected chi connectivity index (χ0v) is 16.5. The maximum atomic E-state index is 14.0. The molecule has 0 amide bonds. The lowest BCUT2D eigenvalue weighted by Crippen LogP contribution is -2.41. The van der Waals surface area contributed by atoms with E-state index in [-0.39, 0.29) is 5.02 Å². The van der Waals surface area contributed by atoms with E-state index in [1.165, 1.54) is 43.9 Å². The molecule has 3 nitrogen and oxygen atoms in total. The van der Waals surface area contributed by atoms with Gasteiger partial charge in [-0.3, -0.25) is 0 Å². The van der Waals surface area contributed by atoms with Crippen molar-refractivity contribution >= 4 is 29.2 Å². The van der Waals surface area contributed by atoms with Gasteiger partial charge in [0.1, 0.15) is 10.8 Å². The molecule has 4 rings (SSSR count). The summed E-state index contributed by atoms with van der Waals surface area (Å²) in [7, 11) is 0. The molecule has 1 saturated heterocycles. The van der Waals surface area contributed by atoms with Gasteiger partial charge >= 0.3 is 0 Å². The molecule has 1 spiro atoms. The van der Waals surface area contributed by atoms with Gasteiger partial charge in [0.15, 0.2) is 5.82 Å². The van der Waals surface area contributed by atoms with Crippen LogP contribution >= 0.6 is 23.4 Å². The Hall–Kier alpha value is -1.33. The third kappa shape index (κ3) is 3.44. The summed E-state index contributed by atoms with van der Waals surface area (Å²) in [5.74, 6) is 1.36. The predicted molar refractivity (Wildman–Crippen MR) is 104 cm³/mol. The van der Waals surface area contributed by atoms with Crippen LogP contribution in [0.4, 0.5) is 10.2 Å². The zero-order chi connectivity index (χ0) is 18.1. The topological polar surface area (TPSA) is 29.0 Å².